The maximum atomic E-state index is 12.1. The molecule has 1 rings (SSSR count). The Labute approximate surface area is 130 Å². The van der Waals surface area contributed by atoms with Crippen LogP contribution in [0.2, 0.25) is 5.02 Å². The van der Waals surface area contributed by atoms with Crippen molar-refractivity contribution in [1.82, 2.24) is 4.72 Å². The van der Waals surface area contributed by atoms with Crippen LogP contribution < -0.4 is 4.72 Å². The number of halogens is 1. The maximum absolute atomic E-state index is 12.1. The molecule has 0 atom stereocenters. The van der Waals surface area contributed by atoms with Gasteiger partial charge in [-0.3, -0.25) is 0 Å². The van der Waals surface area contributed by atoms with Gasteiger partial charge in [-0.1, -0.05) is 11.6 Å². The highest BCUT2D eigenvalue weighted by molar-refractivity contribution is 7.89. The number of rotatable bonds is 10. The van der Waals surface area contributed by atoms with Gasteiger partial charge in [0.15, 0.2) is 0 Å². The van der Waals surface area contributed by atoms with Gasteiger partial charge in [0, 0.05) is 25.3 Å². The maximum Gasteiger partial charge on any atom is 0.240 e. The first-order chi connectivity index (χ1) is 10.0. The molecule has 120 valence electrons. The molecule has 0 bridgehead atoms. The average molecular weight is 338 g/mol. The first kappa shape index (κ1) is 18.3. The zero-order chi connectivity index (χ0) is 15.7. The van der Waals surface area contributed by atoms with E-state index in [0.29, 0.717) is 36.8 Å². The zero-order valence-electron chi connectivity index (χ0n) is 11.8. The quantitative estimate of drug-likeness (QED) is 0.626. The van der Waals surface area contributed by atoms with Gasteiger partial charge in [-0.25, -0.2) is 13.1 Å². The van der Waals surface area contributed by atoms with Gasteiger partial charge in [0.2, 0.25) is 10.0 Å². The highest BCUT2D eigenvalue weighted by Gasteiger charge is 2.14. The minimum absolute atomic E-state index is 0.0799. The summed E-state index contributed by atoms with van der Waals surface area (Å²) in [6, 6.07) is 4.22. The zero-order valence-corrected chi connectivity index (χ0v) is 13.4. The third kappa shape index (κ3) is 6.29. The summed E-state index contributed by atoms with van der Waals surface area (Å²) in [5.74, 6) is 0. The summed E-state index contributed by atoms with van der Waals surface area (Å²) in [4.78, 5) is 0.0799. The van der Waals surface area contributed by atoms with Gasteiger partial charge >= 0.3 is 0 Å². The van der Waals surface area contributed by atoms with Gasteiger partial charge in [0.25, 0.3) is 0 Å². The second-order valence-corrected chi connectivity index (χ2v) is 6.44. The fourth-order valence-corrected chi connectivity index (χ4v) is 2.85. The molecule has 0 unspecified atom stereocenters. The number of sulfonamides is 1. The van der Waals surface area contributed by atoms with Crippen molar-refractivity contribution in [2.45, 2.75) is 17.9 Å². The van der Waals surface area contributed by atoms with E-state index >= 15 is 0 Å². The van der Waals surface area contributed by atoms with Gasteiger partial charge in [0.1, 0.15) is 0 Å². The smallest absolute Gasteiger partial charge is 0.240 e. The molecule has 0 aliphatic rings. The van der Waals surface area contributed by atoms with E-state index < -0.39 is 10.0 Å². The number of ether oxygens (including phenoxy) is 2. The molecule has 0 saturated heterocycles. The minimum Gasteiger partial charge on any atom is -0.392 e. The molecule has 2 N–H and O–H groups in total. The molecular weight excluding hydrogens is 318 g/mol. The molecule has 21 heavy (non-hydrogen) atoms. The molecule has 0 aliphatic heterocycles. The van der Waals surface area contributed by atoms with E-state index in [-0.39, 0.29) is 18.0 Å². The largest absolute Gasteiger partial charge is 0.392 e. The van der Waals surface area contributed by atoms with Gasteiger partial charge in [-0.05, 0) is 30.2 Å². The molecule has 0 aliphatic carbocycles. The monoisotopic (exact) mass is 337 g/mol. The Balaban J connectivity index is 2.46. The summed E-state index contributed by atoms with van der Waals surface area (Å²) < 4.78 is 36.6. The van der Waals surface area contributed by atoms with Crippen molar-refractivity contribution in [3.8, 4) is 0 Å². The van der Waals surface area contributed by atoms with Crippen molar-refractivity contribution in [2.24, 2.45) is 0 Å². The van der Waals surface area contributed by atoms with E-state index in [1.165, 1.54) is 18.2 Å². The number of hydrogen-bond acceptors (Lipinski definition) is 5. The number of hydrogen-bond donors (Lipinski definition) is 2. The summed E-state index contributed by atoms with van der Waals surface area (Å²) in [5.41, 5.74) is 0.377. The van der Waals surface area contributed by atoms with E-state index in [0.717, 1.165) is 0 Å². The summed E-state index contributed by atoms with van der Waals surface area (Å²) >= 11 is 5.83. The second kappa shape index (κ2) is 9.34. The standard InChI is InChI=1S/C13H20ClNO5S/c1-19-7-8-20-6-2-5-15-21(17,18)12-3-4-13(14)11(9-12)10-16/h3-4,9,15-16H,2,5-8,10H2,1H3. The molecule has 6 nitrogen and oxygen atoms in total. The normalized spacial score (nSPS) is 11.8. The van der Waals surface area contributed by atoms with Crippen LogP contribution in [-0.2, 0) is 26.1 Å². The molecule has 0 heterocycles. The fraction of sp³-hybridized carbons (Fsp3) is 0.538. The van der Waals surface area contributed by atoms with Crippen LogP contribution in [0.3, 0.4) is 0 Å². The van der Waals surface area contributed by atoms with Crippen LogP contribution in [-0.4, -0.2) is 47.0 Å². The van der Waals surface area contributed by atoms with Crippen molar-refractivity contribution in [3.63, 3.8) is 0 Å². The van der Waals surface area contributed by atoms with Gasteiger partial charge in [0.05, 0.1) is 24.7 Å². The number of aliphatic hydroxyl groups excluding tert-OH is 1. The molecule has 0 radical (unpaired) electrons. The Morgan fingerprint density at radius 1 is 1.29 bits per heavy atom. The van der Waals surface area contributed by atoms with E-state index in [1.54, 1.807) is 7.11 Å². The Morgan fingerprint density at radius 3 is 2.71 bits per heavy atom. The fourth-order valence-electron chi connectivity index (χ4n) is 1.55. The molecule has 0 spiro atoms. The van der Waals surface area contributed by atoms with Crippen molar-refractivity contribution in [2.75, 3.05) is 33.5 Å². The van der Waals surface area contributed by atoms with E-state index in [1.807, 2.05) is 0 Å². The SMILES string of the molecule is COCCOCCCNS(=O)(=O)c1ccc(Cl)c(CO)c1. The van der Waals surface area contributed by atoms with Crippen LogP contribution in [0.15, 0.2) is 23.1 Å². The molecular formula is C13H20ClNO5S. The predicted molar refractivity (Wildman–Crippen MR) is 79.9 cm³/mol. The average Bonchev–Trinajstić information content (AvgIpc) is 2.46. The van der Waals surface area contributed by atoms with Crippen LogP contribution >= 0.6 is 11.6 Å². The van der Waals surface area contributed by atoms with E-state index in [4.69, 9.17) is 26.2 Å². The Hall–Kier alpha value is -0.700. The summed E-state index contributed by atoms with van der Waals surface area (Å²) in [6.07, 6.45) is 0.559. The third-order valence-corrected chi connectivity index (χ3v) is 4.51. The van der Waals surface area contributed by atoms with Crippen LogP contribution in [0.25, 0.3) is 0 Å². The van der Waals surface area contributed by atoms with Crippen molar-refractivity contribution in [3.05, 3.63) is 28.8 Å². The van der Waals surface area contributed by atoms with Gasteiger partial charge in [-0.15, -0.1) is 0 Å². The molecule has 8 heteroatoms. The second-order valence-electron chi connectivity index (χ2n) is 4.27. The Kier molecular flexibility index (Phi) is 8.16. The lowest BCUT2D eigenvalue weighted by molar-refractivity contribution is 0.0699. The molecule has 0 aromatic heterocycles. The van der Waals surface area contributed by atoms with E-state index in [2.05, 4.69) is 4.72 Å². The molecule has 1 aromatic carbocycles. The summed E-state index contributed by atoms with van der Waals surface area (Å²) in [6.45, 7) is 1.41. The first-order valence-corrected chi connectivity index (χ1v) is 8.33. The van der Waals surface area contributed by atoms with Crippen LogP contribution in [0.5, 0.6) is 0 Å². The minimum atomic E-state index is -3.61. The van der Waals surface area contributed by atoms with Gasteiger partial charge < -0.3 is 14.6 Å². The first-order valence-electron chi connectivity index (χ1n) is 6.47. The molecule has 0 fully saturated rings. The lowest BCUT2D eigenvalue weighted by Gasteiger charge is -2.09. The number of benzene rings is 1. The van der Waals surface area contributed by atoms with Crippen molar-refractivity contribution < 1.29 is 23.0 Å². The Bertz CT molecular complexity index is 535. The summed E-state index contributed by atoms with van der Waals surface area (Å²) in [5, 5.41) is 9.44. The van der Waals surface area contributed by atoms with Crippen LogP contribution in [0.1, 0.15) is 12.0 Å². The van der Waals surface area contributed by atoms with Crippen LogP contribution in [0.4, 0.5) is 0 Å². The summed E-state index contributed by atoms with van der Waals surface area (Å²) in [7, 11) is -2.02. The van der Waals surface area contributed by atoms with Gasteiger partial charge in [-0.2, -0.15) is 0 Å². The lowest BCUT2D eigenvalue weighted by atomic mass is 10.2. The topological polar surface area (TPSA) is 84.9 Å². The molecule has 0 saturated carbocycles. The number of methoxy groups -OCH3 is 1. The number of aliphatic hydroxyl groups is 1. The highest BCUT2D eigenvalue weighted by Crippen LogP contribution is 2.20. The highest BCUT2D eigenvalue weighted by atomic mass is 35.5. The lowest BCUT2D eigenvalue weighted by Crippen LogP contribution is -2.25. The third-order valence-electron chi connectivity index (χ3n) is 2.69. The van der Waals surface area contributed by atoms with Crippen LogP contribution in [0, 0.1) is 0 Å². The van der Waals surface area contributed by atoms with Crippen molar-refractivity contribution in [1.29, 1.82) is 0 Å². The molecule has 1 aromatic rings. The van der Waals surface area contributed by atoms with Crippen molar-refractivity contribution >= 4 is 21.6 Å². The van der Waals surface area contributed by atoms with E-state index in [9.17, 15) is 8.42 Å². The predicted octanol–water partition coefficient (Wildman–Crippen LogP) is 1.16. The number of nitrogens with one attached hydrogen (secondary N) is 1. The molecule has 0 amide bonds. The Morgan fingerprint density at radius 2 is 2.05 bits per heavy atom.